The van der Waals surface area contributed by atoms with Crippen LogP contribution in [0.1, 0.15) is 44.6 Å². The fourth-order valence-electron chi connectivity index (χ4n) is 2.83. The van der Waals surface area contributed by atoms with E-state index in [1.54, 1.807) is 0 Å². The summed E-state index contributed by atoms with van der Waals surface area (Å²) in [5, 5.41) is 9.79. The number of benzene rings is 1. The number of halogens is 1. The Morgan fingerprint density at radius 2 is 2.22 bits per heavy atom. The normalized spacial score (nSPS) is 21.1. The van der Waals surface area contributed by atoms with Crippen LogP contribution >= 0.6 is 0 Å². The standard InChI is InChI=1S/C15H22FNO/c1-2-5-14-6-3-4-9-17(14)11-12-10-13(16)7-8-15(12)18/h7-8,10,14,18H,2-6,9,11H2,1H3. The van der Waals surface area contributed by atoms with Gasteiger partial charge in [0.25, 0.3) is 0 Å². The Bertz CT molecular complexity index is 392. The first-order valence-corrected chi connectivity index (χ1v) is 6.92. The summed E-state index contributed by atoms with van der Waals surface area (Å²) in [6.07, 6.45) is 6.09. The van der Waals surface area contributed by atoms with Crippen LogP contribution in [0, 0.1) is 5.82 Å². The van der Waals surface area contributed by atoms with Crippen molar-refractivity contribution in [1.29, 1.82) is 0 Å². The Kier molecular flexibility index (Phi) is 4.59. The minimum Gasteiger partial charge on any atom is -0.508 e. The van der Waals surface area contributed by atoms with Crippen LogP contribution < -0.4 is 0 Å². The highest BCUT2D eigenvalue weighted by atomic mass is 19.1. The molecule has 0 spiro atoms. The number of nitrogens with zero attached hydrogens (tertiary/aromatic N) is 1. The van der Waals surface area contributed by atoms with Crippen molar-refractivity contribution in [3.05, 3.63) is 29.6 Å². The molecule has 1 saturated heterocycles. The molecule has 0 amide bonds. The summed E-state index contributed by atoms with van der Waals surface area (Å²) < 4.78 is 13.2. The largest absolute Gasteiger partial charge is 0.508 e. The number of aromatic hydroxyl groups is 1. The topological polar surface area (TPSA) is 23.5 Å². The molecule has 2 rings (SSSR count). The number of hydrogen-bond donors (Lipinski definition) is 1. The summed E-state index contributed by atoms with van der Waals surface area (Å²) in [6.45, 7) is 3.92. The zero-order valence-electron chi connectivity index (χ0n) is 11.0. The zero-order chi connectivity index (χ0) is 13.0. The molecule has 100 valence electrons. The number of hydrogen-bond acceptors (Lipinski definition) is 2. The number of piperidine rings is 1. The Hall–Kier alpha value is -1.09. The molecule has 0 bridgehead atoms. The number of phenolic OH excluding ortho intramolecular Hbond substituents is 1. The summed E-state index contributed by atoms with van der Waals surface area (Å²) in [7, 11) is 0. The van der Waals surface area contributed by atoms with Crippen LogP contribution in [0.3, 0.4) is 0 Å². The lowest BCUT2D eigenvalue weighted by Crippen LogP contribution is -2.38. The molecule has 0 aromatic heterocycles. The lowest BCUT2D eigenvalue weighted by atomic mass is 9.97. The molecule has 2 nitrogen and oxygen atoms in total. The molecule has 0 aliphatic carbocycles. The molecule has 1 unspecified atom stereocenters. The van der Waals surface area contributed by atoms with Crippen LogP contribution in [0.4, 0.5) is 4.39 Å². The second-order valence-electron chi connectivity index (χ2n) is 5.18. The van der Waals surface area contributed by atoms with Gasteiger partial charge in [-0.2, -0.15) is 0 Å². The van der Waals surface area contributed by atoms with Crippen molar-refractivity contribution in [3.8, 4) is 5.75 Å². The highest BCUT2D eigenvalue weighted by molar-refractivity contribution is 5.32. The Balaban J connectivity index is 2.08. The van der Waals surface area contributed by atoms with E-state index in [4.69, 9.17) is 0 Å². The maximum Gasteiger partial charge on any atom is 0.123 e. The average Bonchev–Trinajstić information content (AvgIpc) is 2.36. The van der Waals surface area contributed by atoms with Crippen LogP contribution in [-0.2, 0) is 6.54 Å². The van der Waals surface area contributed by atoms with Crippen molar-refractivity contribution in [2.24, 2.45) is 0 Å². The van der Waals surface area contributed by atoms with Gasteiger partial charge in [0.1, 0.15) is 11.6 Å². The molecule has 1 heterocycles. The van der Waals surface area contributed by atoms with E-state index in [0.29, 0.717) is 18.2 Å². The summed E-state index contributed by atoms with van der Waals surface area (Å²) >= 11 is 0. The van der Waals surface area contributed by atoms with Crippen molar-refractivity contribution < 1.29 is 9.50 Å². The van der Waals surface area contributed by atoms with E-state index < -0.39 is 0 Å². The van der Waals surface area contributed by atoms with E-state index in [-0.39, 0.29) is 11.6 Å². The van der Waals surface area contributed by atoms with Gasteiger partial charge in [0.15, 0.2) is 0 Å². The molecule has 0 radical (unpaired) electrons. The molecule has 18 heavy (non-hydrogen) atoms. The molecule has 3 heteroatoms. The molecule has 1 atom stereocenters. The van der Waals surface area contributed by atoms with Crippen LogP contribution in [0.2, 0.25) is 0 Å². The van der Waals surface area contributed by atoms with Gasteiger partial charge in [-0.05, 0) is 44.0 Å². The van der Waals surface area contributed by atoms with Crippen molar-refractivity contribution in [3.63, 3.8) is 0 Å². The first kappa shape index (κ1) is 13.3. The number of likely N-dealkylation sites (tertiary alicyclic amines) is 1. The Labute approximate surface area is 108 Å². The maximum absolute atomic E-state index is 13.2. The van der Waals surface area contributed by atoms with Crippen LogP contribution in [0.25, 0.3) is 0 Å². The molecule has 1 aliphatic heterocycles. The molecular formula is C15H22FNO. The van der Waals surface area contributed by atoms with Crippen molar-refractivity contribution in [1.82, 2.24) is 4.90 Å². The van der Waals surface area contributed by atoms with Gasteiger partial charge in [-0.15, -0.1) is 0 Å². The first-order chi connectivity index (χ1) is 8.70. The number of phenols is 1. The van der Waals surface area contributed by atoms with E-state index in [1.807, 2.05) is 0 Å². The van der Waals surface area contributed by atoms with Gasteiger partial charge in [0.05, 0.1) is 0 Å². The SMILES string of the molecule is CCCC1CCCCN1Cc1cc(F)ccc1O. The third-order valence-electron chi connectivity index (χ3n) is 3.79. The monoisotopic (exact) mass is 251 g/mol. The summed E-state index contributed by atoms with van der Waals surface area (Å²) in [5.74, 6) is -0.0657. The molecule has 1 fully saturated rings. The second-order valence-corrected chi connectivity index (χ2v) is 5.18. The van der Waals surface area contributed by atoms with Gasteiger partial charge in [0.2, 0.25) is 0 Å². The van der Waals surface area contributed by atoms with Crippen LogP contribution in [0.5, 0.6) is 5.75 Å². The first-order valence-electron chi connectivity index (χ1n) is 6.92. The third-order valence-corrected chi connectivity index (χ3v) is 3.79. The summed E-state index contributed by atoms with van der Waals surface area (Å²) in [5.41, 5.74) is 0.706. The fourth-order valence-corrected chi connectivity index (χ4v) is 2.83. The summed E-state index contributed by atoms with van der Waals surface area (Å²) in [6, 6.07) is 4.79. The van der Waals surface area contributed by atoms with Gasteiger partial charge in [-0.3, -0.25) is 4.90 Å². The van der Waals surface area contributed by atoms with Crippen LogP contribution in [0.15, 0.2) is 18.2 Å². The predicted octanol–water partition coefficient (Wildman–Crippen LogP) is 3.69. The van der Waals surface area contributed by atoms with E-state index in [2.05, 4.69) is 11.8 Å². The van der Waals surface area contributed by atoms with E-state index in [1.165, 1.54) is 50.3 Å². The van der Waals surface area contributed by atoms with Gasteiger partial charge < -0.3 is 5.11 Å². The molecule has 1 N–H and O–H groups in total. The summed E-state index contributed by atoms with van der Waals surface area (Å²) in [4.78, 5) is 2.39. The quantitative estimate of drug-likeness (QED) is 0.882. The molecular weight excluding hydrogens is 229 g/mol. The van der Waals surface area contributed by atoms with Crippen molar-refractivity contribution in [2.75, 3.05) is 6.54 Å². The number of rotatable bonds is 4. The lowest BCUT2D eigenvalue weighted by Gasteiger charge is -2.35. The average molecular weight is 251 g/mol. The minimum atomic E-state index is -0.271. The molecule has 1 aromatic rings. The predicted molar refractivity (Wildman–Crippen MR) is 71.0 cm³/mol. The Morgan fingerprint density at radius 3 is 3.00 bits per heavy atom. The lowest BCUT2D eigenvalue weighted by molar-refractivity contribution is 0.130. The maximum atomic E-state index is 13.2. The smallest absolute Gasteiger partial charge is 0.123 e. The van der Waals surface area contributed by atoms with Gasteiger partial charge in [0, 0.05) is 18.2 Å². The molecule has 0 saturated carbocycles. The zero-order valence-corrected chi connectivity index (χ0v) is 11.0. The van der Waals surface area contributed by atoms with Gasteiger partial charge >= 0.3 is 0 Å². The highest BCUT2D eigenvalue weighted by Gasteiger charge is 2.22. The van der Waals surface area contributed by atoms with Gasteiger partial charge in [-0.25, -0.2) is 4.39 Å². The third kappa shape index (κ3) is 3.22. The molecule has 1 aromatic carbocycles. The van der Waals surface area contributed by atoms with E-state index in [0.717, 1.165) is 6.54 Å². The fraction of sp³-hybridized carbons (Fsp3) is 0.600. The highest BCUT2D eigenvalue weighted by Crippen LogP contribution is 2.26. The van der Waals surface area contributed by atoms with Crippen LogP contribution in [-0.4, -0.2) is 22.6 Å². The van der Waals surface area contributed by atoms with Gasteiger partial charge in [-0.1, -0.05) is 19.8 Å². The second kappa shape index (κ2) is 6.19. The minimum absolute atomic E-state index is 0.206. The Morgan fingerprint density at radius 1 is 1.39 bits per heavy atom. The molecule has 1 aliphatic rings. The van der Waals surface area contributed by atoms with Crippen molar-refractivity contribution >= 4 is 0 Å². The van der Waals surface area contributed by atoms with Crippen molar-refractivity contribution in [2.45, 2.75) is 51.6 Å². The van der Waals surface area contributed by atoms with E-state index >= 15 is 0 Å². The van der Waals surface area contributed by atoms with E-state index in [9.17, 15) is 9.50 Å².